The van der Waals surface area contributed by atoms with Gasteiger partial charge in [-0.3, -0.25) is 9.59 Å². The van der Waals surface area contributed by atoms with Crippen LogP contribution in [0.5, 0.6) is 5.75 Å². The predicted octanol–water partition coefficient (Wildman–Crippen LogP) is 1.85. The molecule has 0 radical (unpaired) electrons. The largest absolute Gasteiger partial charge is 0.493 e. The van der Waals surface area contributed by atoms with Crippen molar-refractivity contribution in [3.05, 3.63) is 65.7 Å². The molecular formula is C18H19N3O3. The summed E-state index contributed by atoms with van der Waals surface area (Å²) in [6.07, 6.45) is 1.44. The Balaban J connectivity index is 1.85. The average molecular weight is 325 g/mol. The topological polar surface area (TPSA) is 79.8 Å². The third-order valence-electron chi connectivity index (χ3n) is 3.09. The number of nitrogens with zero attached hydrogens (tertiary/aromatic N) is 1. The standard InChI is InChI=1S/C18H19N3O3/c1-2-24-16-11-7-6-10-15(16)13-20-21-18(23)17(22)19-12-14-8-4-3-5-9-14/h3-11,13H,2,12H2,1H3,(H,19,22)(H,21,23)/b20-13+. The Morgan fingerprint density at radius 1 is 1.04 bits per heavy atom. The lowest BCUT2D eigenvalue weighted by Crippen LogP contribution is -2.37. The second-order valence-corrected chi connectivity index (χ2v) is 4.84. The van der Waals surface area contributed by atoms with Crippen LogP contribution in [0.2, 0.25) is 0 Å². The molecule has 2 rings (SSSR count). The van der Waals surface area contributed by atoms with E-state index in [9.17, 15) is 9.59 Å². The van der Waals surface area contributed by atoms with Gasteiger partial charge in [-0.2, -0.15) is 5.10 Å². The summed E-state index contributed by atoms with van der Waals surface area (Å²) in [4.78, 5) is 23.4. The minimum absolute atomic E-state index is 0.282. The molecule has 6 heteroatoms. The predicted molar refractivity (Wildman–Crippen MR) is 91.6 cm³/mol. The van der Waals surface area contributed by atoms with Gasteiger partial charge in [-0.15, -0.1) is 0 Å². The molecule has 0 aliphatic carbocycles. The van der Waals surface area contributed by atoms with Crippen molar-refractivity contribution in [3.8, 4) is 5.75 Å². The molecule has 0 fully saturated rings. The number of hydrogen-bond donors (Lipinski definition) is 2. The Bertz CT molecular complexity index is 714. The van der Waals surface area contributed by atoms with E-state index in [0.717, 1.165) is 5.56 Å². The van der Waals surface area contributed by atoms with Crippen LogP contribution in [0.3, 0.4) is 0 Å². The zero-order chi connectivity index (χ0) is 17.2. The minimum atomic E-state index is -0.823. The van der Waals surface area contributed by atoms with Gasteiger partial charge in [-0.05, 0) is 24.6 Å². The van der Waals surface area contributed by atoms with E-state index in [2.05, 4.69) is 15.8 Å². The molecule has 24 heavy (non-hydrogen) atoms. The molecule has 0 heterocycles. The van der Waals surface area contributed by atoms with E-state index in [4.69, 9.17) is 4.74 Å². The molecule has 0 aliphatic heterocycles. The van der Waals surface area contributed by atoms with Crippen molar-refractivity contribution < 1.29 is 14.3 Å². The quantitative estimate of drug-likeness (QED) is 0.483. The zero-order valence-corrected chi connectivity index (χ0v) is 13.4. The van der Waals surface area contributed by atoms with Crippen LogP contribution in [0.1, 0.15) is 18.1 Å². The number of carbonyl (C=O) groups excluding carboxylic acids is 2. The van der Waals surface area contributed by atoms with Crippen molar-refractivity contribution in [3.63, 3.8) is 0 Å². The molecule has 0 saturated heterocycles. The van der Waals surface area contributed by atoms with Gasteiger partial charge < -0.3 is 10.1 Å². The first-order valence-electron chi connectivity index (χ1n) is 7.57. The maximum Gasteiger partial charge on any atom is 0.329 e. The van der Waals surface area contributed by atoms with E-state index in [1.54, 1.807) is 12.1 Å². The van der Waals surface area contributed by atoms with Gasteiger partial charge in [-0.25, -0.2) is 5.43 Å². The second kappa shape index (κ2) is 9.09. The first-order chi connectivity index (χ1) is 11.7. The molecule has 6 nitrogen and oxygen atoms in total. The van der Waals surface area contributed by atoms with Crippen molar-refractivity contribution >= 4 is 18.0 Å². The molecular weight excluding hydrogens is 306 g/mol. The molecule has 0 unspecified atom stereocenters. The molecule has 0 aromatic heterocycles. The average Bonchev–Trinajstić information content (AvgIpc) is 2.62. The lowest BCUT2D eigenvalue weighted by Gasteiger charge is -2.06. The second-order valence-electron chi connectivity index (χ2n) is 4.84. The summed E-state index contributed by atoms with van der Waals surface area (Å²) in [5.74, 6) is -0.906. The van der Waals surface area contributed by atoms with Crippen molar-refractivity contribution in [2.24, 2.45) is 5.10 Å². The summed E-state index contributed by atoms with van der Waals surface area (Å²) < 4.78 is 5.45. The molecule has 0 bridgehead atoms. The van der Waals surface area contributed by atoms with E-state index in [-0.39, 0.29) is 6.54 Å². The maximum absolute atomic E-state index is 11.7. The Labute approximate surface area is 140 Å². The number of hydrogen-bond acceptors (Lipinski definition) is 4. The third kappa shape index (κ3) is 5.24. The van der Waals surface area contributed by atoms with Crippen LogP contribution in [0.4, 0.5) is 0 Å². The van der Waals surface area contributed by atoms with Crippen LogP contribution in [0.15, 0.2) is 59.7 Å². The van der Waals surface area contributed by atoms with Gasteiger partial charge in [0.1, 0.15) is 5.75 Å². The highest BCUT2D eigenvalue weighted by Gasteiger charge is 2.11. The Kier molecular flexibility index (Phi) is 6.52. The lowest BCUT2D eigenvalue weighted by atomic mass is 10.2. The Hall–Kier alpha value is -3.15. The fourth-order valence-corrected chi connectivity index (χ4v) is 1.94. The van der Waals surface area contributed by atoms with Crippen LogP contribution in [0, 0.1) is 0 Å². The molecule has 0 spiro atoms. The smallest absolute Gasteiger partial charge is 0.329 e. The number of benzene rings is 2. The van der Waals surface area contributed by atoms with E-state index >= 15 is 0 Å². The monoisotopic (exact) mass is 325 g/mol. The molecule has 2 amide bonds. The molecule has 0 aliphatic rings. The van der Waals surface area contributed by atoms with Crippen LogP contribution in [-0.2, 0) is 16.1 Å². The van der Waals surface area contributed by atoms with Crippen molar-refractivity contribution in [2.45, 2.75) is 13.5 Å². The van der Waals surface area contributed by atoms with Gasteiger partial charge >= 0.3 is 11.8 Å². The number of amides is 2. The summed E-state index contributed by atoms with van der Waals surface area (Å²) in [6.45, 7) is 2.69. The van der Waals surface area contributed by atoms with E-state index in [0.29, 0.717) is 17.9 Å². The molecule has 0 saturated carbocycles. The highest BCUT2D eigenvalue weighted by molar-refractivity contribution is 6.35. The van der Waals surface area contributed by atoms with Crippen LogP contribution in [0.25, 0.3) is 0 Å². The number of rotatable bonds is 6. The molecule has 2 N–H and O–H groups in total. The number of para-hydroxylation sites is 1. The summed E-state index contributed by atoms with van der Waals surface area (Å²) in [6, 6.07) is 16.6. The number of nitrogens with one attached hydrogen (secondary N) is 2. The van der Waals surface area contributed by atoms with Gasteiger partial charge in [0, 0.05) is 12.1 Å². The van der Waals surface area contributed by atoms with Crippen LogP contribution in [-0.4, -0.2) is 24.6 Å². The Morgan fingerprint density at radius 3 is 2.50 bits per heavy atom. The number of ether oxygens (including phenoxy) is 1. The highest BCUT2D eigenvalue weighted by Crippen LogP contribution is 2.15. The van der Waals surface area contributed by atoms with Gasteiger partial charge in [-0.1, -0.05) is 42.5 Å². The molecule has 124 valence electrons. The minimum Gasteiger partial charge on any atom is -0.493 e. The van der Waals surface area contributed by atoms with E-state index in [1.165, 1.54) is 6.21 Å². The van der Waals surface area contributed by atoms with Gasteiger partial charge in [0.05, 0.1) is 12.8 Å². The lowest BCUT2D eigenvalue weighted by molar-refractivity contribution is -0.139. The van der Waals surface area contributed by atoms with Crippen molar-refractivity contribution in [2.75, 3.05) is 6.61 Å². The number of carbonyl (C=O) groups is 2. The fraction of sp³-hybridized carbons (Fsp3) is 0.167. The van der Waals surface area contributed by atoms with Crippen LogP contribution < -0.4 is 15.5 Å². The zero-order valence-electron chi connectivity index (χ0n) is 13.4. The van der Waals surface area contributed by atoms with Gasteiger partial charge in [0.25, 0.3) is 0 Å². The maximum atomic E-state index is 11.7. The van der Waals surface area contributed by atoms with Crippen LogP contribution >= 0.6 is 0 Å². The summed E-state index contributed by atoms with van der Waals surface area (Å²) in [5.41, 5.74) is 3.82. The summed E-state index contributed by atoms with van der Waals surface area (Å²) in [5, 5.41) is 6.32. The SMILES string of the molecule is CCOc1ccccc1/C=N/NC(=O)C(=O)NCc1ccccc1. The summed E-state index contributed by atoms with van der Waals surface area (Å²) in [7, 11) is 0. The molecule has 2 aromatic carbocycles. The molecule has 0 atom stereocenters. The van der Waals surface area contributed by atoms with Gasteiger partial charge in [0.15, 0.2) is 0 Å². The number of hydrazone groups is 1. The summed E-state index contributed by atoms with van der Waals surface area (Å²) >= 11 is 0. The first-order valence-corrected chi connectivity index (χ1v) is 7.57. The van der Waals surface area contributed by atoms with E-state index < -0.39 is 11.8 Å². The molecule has 2 aromatic rings. The van der Waals surface area contributed by atoms with E-state index in [1.807, 2.05) is 49.4 Å². The Morgan fingerprint density at radius 2 is 1.75 bits per heavy atom. The van der Waals surface area contributed by atoms with Crippen molar-refractivity contribution in [1.82, 2.24) is 10.7 Å². The first kappa shape index (κ1) is 17.2. The highest BCUT2D eigenvalue weighted by atomic mass is 16.5. The normalized spacial score (nSPS) is 10.4. The third-order valence-corrected chi connectivity index (χ3v) is 3.09. The van der Waals surface area contributed by atoms with Crippen molar-refractivity contribution in [1.29, 1.82) is 0 Å². The van der Waals surface area contributed by atoms with Gasteiger partial charge in [0.2, 0.25) is 0 Å². The fourth-order valence-electron chi connectivity index (χ4n) is 1.94.